The number of fused-ring (bicyclic) bond motifs is 2. The Bertz CT molecular complexity index is 2170. The molecule has 2 aliphatic rings. The molecule has 5 aromatic rings. The molecular formula is C39H44ClN7O5. The van der Waals surface area contributed by atoms with Crippen molar-refractivity contribution in [2.45, 2.75) is 83.3 Å². The standard InChI is InChI=1S/C39H44ClN7O5/c1-39(2,3)52-38(51)41-20-22-6-10-25(11-7-22)35(48)45-33(36(49)42-26-14-15-29-30(17-26)47-37(50)46-29)16-21-4-8-23(9-5-21)27-18-31-32(19-28(27)40)44-34(43-31)24-12-13-24/h4-5,8-9,14-15,17-19,22,24-25,33H,6-7,10-13,16,20H2,1-3H3,(H,41,51)(H,42,49)(H,43,44)(H,45,48)(H2,46,47,50). The van der Waals surface area contributed by atoms with E-state index in [4.69, 9.17) is 21.3 Å². The summed E-state index contributed by atoms with van der Waals surface area (Å²) >= 11 is 6.72. The van der Waals surface area contributed by atoms with Gasteiger partial charge in [-0.25, -0.2) is 14.6 Å². The van der Waals surface area contributed by atoms with Gasteiger partial charge < -0.3 is 35.6 Å². The Morgan fingerprint density at radius 1 is 0.904 bits per heavy atom. The number of H-pyrrole nitrogens is 3. The summed E-state index contributed by atoms with van der Waals surface area (Å²) in [5.74, 6) is 0.953. The van der Waals surface area contributed by atoms with Crippen LogP contribution in [0.15, 0.2) is 59.4 Å². The second-order valence-corrected chi connectivity index (χ2v) is 15.5. The van der Waals surface area contributed by atoms with Crippen LogP contribution in [0.2, 0.25) is 5.02 Å². The average Bonchev–Trinajstić information content (AvgIpc) is 3.76. The fourth-order valence-corrected chi connectivity index (χ4v) is 7.16. The molecule has 0 radical (unpaired) electrons. The van der Waals surface area contributed by atoms with E-state index in [1.807, 2.05) is 57.2 Å². The summed E-state index contributed by atoms with van der Waals surface area (Å²) in [6, 6.07) is 16.0. The third-order valence-electron chi connectivity index (χ3n) is 9.83. The largest absolute Gasteiger partial charge is 0.444 e. The van der Waals surface area contributed by atoms with Gasteiger partial charge in [0.15, 0.2) is 0 Å². The first-order valence-corrected chi connectivity index (χ1v) is 18.3. The summed E-state index contributed by atoms with van der Waals surface area (Å²) in [6.45, 7) is 5.96. The van der Waals surface area contributed by atoms with E-state index in [0.29, 0.717) is 47.0 Å². The van der Waals surface area contributed by atoms with Gasteiger partial charge in [0.05, 0.1) is 27.1 Å². The number of nitrogens with zero attached hydrogens (tertiary/aromatic N) is 1. The van der Waals surface area contributed by atoms with Crippen LogP contribution in [0, 0.1) is 11.8 Å². The van der Waals surface area contributed by atoms with Gasteiger partial charge in [0.25, 0.3) is 0 Å². The molecule has 0 saturated heterocycles. The number of rotatable bonds is 10. The van der Waals surface area contributed by atoms with E-state index < -0.39 is 17.7 Å². The predicted molar refractivity (Wildman–Crippen MR) is 201 cm³/mol. The minimum absolute atomic E-state index is 0.176. The fourth-order valence-electron chi connectivity index (χ4n) is 6.89. The Morgan fingerprint density at radius 3 is 2.35 bits per heavy atom. The molecule has 1 unspecified atom stereocenters. The smallest absolute Gasteiger partial charge is 0.407 e. The van der Waals surface area contributed by atoms with Gasteiger partial charge in [-0.15, -0.1) is 0 Å². The molecule has 13 heteroatoms. The maximum atomic E-state index is 13.8. The molecule has 2 heterocycles. The van der Waals surface area contributed by atoms with Crippen molar-refractivity contribution in [2.24, 2.45) is 11.8 Å². The molecule has 2 fully saturated rings. The minimum Gasteiger partial charge on any atom is -0.444 e. The number of carbonyl (C=O) groups is 3. The van der Waals surface area contributed by atoms with Gasteiger partial charge in [-0.2, -0.15) is 0 Å². The fraction of sp³-hybridized carbons (Fsp3) is 0.410. The van der Waals surface area contributed by atoms with Gasteiger partial charge in [-0.1, -0.05) is 35.9 Å². The molecule has 6 N–H and O–H groups in total. The second-order valence-electron chi connectivity index (χ2n) is 15.1. The Hall–Kier alpha value is -5.10. The zero-order valence-electron chi connectivity index (χ0n) is 29.5. The molecule has 3 aromatic carbocycles. The molecule has 7 rings (SSSR count). The van der Waals surface area contributed by atoms with Crippen molar-refractivity contribution in [3.05, 3.63) is 81.5 Å². The Labute approximate surface area is 305 Å². The van der Waals surface area contributed by atoms with E-state index >= 15 is 0 Å². The quantitative estimate of drug-likeness (QED) is 0.0911. The molecule has 2 aliphatic carbocycles. The predicted octanol–water partition coefficient (Wildman–Crippen LogP) is 6.93. The summed E-state index contributed by atoms with van der Waals surface area (Å²) < 4.78 is 5.35. The molecular weight excluding hydrogens is 682 g/mol. The van der Waals surface area contributed by atoms with Gasteiger partial charge in [-0.3, -0.25) is 9.59 Å². The van der Waals surface area contributed by atoms with Gasteiger partial charge >= 0.3 is 11.8 Å². The molecule has 272 valence electrons. The summed E-state index contributed by atoms with van der Waals surface area (Å²) in [5.41, 5.74) is 5.22. The van der Waals surface area contributed by atoms with Gasteiger partial charge in [0.1, 0.15) is 17.5 Å². The van der Waals surface area contributed by atoms with Crippen LogP contribution < -0.4 is 21.6 Å². The first kappa shape index (κ1) is 35.3. The molecule has 12 nitrogen and oxygen atoms in total. The average molecular weight is 726 g/mol. The van der Waals surface area contributed by atoms with E-state index in [9.17, 15) is 19.2 Å². The normalized spacial score (nSPS) is 18.2. The van der Waals surface area contributed by atoms with Crippen molar-refractivity contribution in [2.75, 3.05) is 11.9 Å². The number of aromatic nitrogens is 4. The number of hydrogen-bond acceptors (Lipinski definition) is 6. The number of benzene rings is 3. The maximum Gasteiger partial charge on any atom is 0.407 e. The van der Waals surface area contributed by atoms with Gasteiger partial charge in [-0.05, 0) is 107 Å². The number of carbonyl (C=O) groups excluding carboxylic acids is 3. The first-order chi connectivity index (χ1) is 24.9. The van der Waals surface area contributed by atoms with E-state index in [1.165, 1.54) is 0 Å². The highest BCUT2D eigenvalue weighted by atomic mass is 35.5. The zero-order valence-corrected chi connectivity index (χ0v) is 30.3. The molecule has 2 aromatic heterocycles. The van der Waals surface area contributed by atoms with E-state index in [0.717, 1.165) is 59.2 Å². The lowest BCUT2D eigenvalue weighted by atomic mass is 9.81. The number of nitrogens with one attached hydrogen (secondary N) is 6. The number of alkyl carbamates (subject to hydrolysis) is 1. The van der Waals surface area contributed by atoms with Crippen molar-refractivity contribution >= 4 is 57.3 Å². The zero-order chi connectivity index (χ0) is 36.6. The van der Waals surface area contributed by atoms with Crippen LogP contribution in [0.3, 0.4) is 0 Å². The van der Waals surface area contributed by atoms with Crippen molar-refractivity contribution in [1.29, 1.82) is 0 Å². The first-order valence-electron chi connectivity index (χ1n) is 18.0. The summed E-state index contributed by atoms with van der Waals surface area (Å²) in [6.07, 6.45) is 4.96. The van der Waals surface area contributed by atoms with Crippen LogP contribution in [0.25, 0.3) is 33.2 Å². The number of amides is 3. The van der Waals surface area contributed by atoms with E-state index in [1.54, 1.807) is 18.2 Å². The molecule has 3 amide bonds. The number of anilines is 1. The number of aromatic amines is 3. The topological polar surface area (TPSA) is 174 Å². The second kappa shape index (κ2) is 14.5. The molecule has 0 bridgehead atoms. The van der Waals surface area contributed by atoms with E-state index in [-0.39, 0.29) is 35.8 Å². The highest BCUT2D eigenvalue weighted by Crippen LogP contribution is 2.40. The molecule has 0 aliphatic heterocycles. The van der Waals surface area contributed by atoms with Crippen LogP contribution in [0.4, 0.5) is 10.5 Å². The summed E-state index contributed by atoms with van der Waals surface area (Å²) in [5, 5.41) is 9.44. The third-order valence-corrected chi connectivity index (χ3v) is 10.1. The minimum atomic E-state index is -0.865. The Balaban J connectivity index is 1.03. The van der Waals surface area contributed by atoms with Crippen molar-refractivity contribution in [3.63, 3.8) is 0 Å². The van der Waals surface area contributed by atoms with Crippen LogP contribution >= 0.6 is 11.6 Å². The third kappa shape index (κ3) is 8.50. The lowest BCUT2D eigenvalue weighted by Crippen LogP contribution is -2.48. The highest BCUT2D eigenvalue weighted by Gasteiger charge is 2.31. The monoisotopic (exact) mass is 725 g/mol. The lowest BCUT2D eigenvalue weighted by Gasteiger charge is -2.29. The van der Waals surface area contributed by atoms with Crippen LogP contribution in [0.5, 0.6) is 0 Å². The number of hydrogen-bond donors (Lipinski definition) is 6. The Morgan fingerprint density at radius 2 is 1.63 bits per heavy atom. The highest BCUT2D eigenvalue weighted by molar-refractivity contribution is 6.34. The van der Waals surface area contributed by atoms with Crippen LogP contribution in [0.1, 0.15) is 76.6 Å². The molecule has 0 spiro atoms. The SMILES string of the molecule is CC(C)(C)OC(=O)NCC1CCC(C(=O)NC(Cc2ccc(-c3cc4nc(C5CC5)[nH]c4cc3Cl)cc2)C(=O)Nc2ccc3[nH]c(=O)[nH]c3c2)CC1. The number of halogens is 1. The van der Waals surface area contributed by atoms with Crippen LogP contribution in [-0.2, 0) is 20.7 Å². The van der Waals surface area contributed by atoms with Gasteiger partial charge in [0.2, 0.25) is 11.8 Å². The van der Waals surface area contributed by atoms with Crippen LogP contribution in [-0.4, -0.2) is 56.0 Å². The molecule has 2 saturated carbocycles. The molecule has 52 heavy (non-hydrogen) atoms. The number of imidazole rings is 2. The lowest BCUT2D eigenvalue weighted by molar-refractivity contribution is -0.130. The van der Waals surface area contributed by atoms with Crippen molar-refractivity contribution in [3.8, 4) is 11.1 Å². The van der Waals surface area contributed by atoms with Crippen molar-refractivity contribution < 1.29 is 19.1 Å². The maximum absolute atomic E-state index is 13.8. The summed E-state index contributed by atoms with van der Waals surface area (Å²) in [7, 11) is 0. The van der Waals surface area contributed by atoms with Crippen molar-refractivity contribution in [1.82, 2.24) is 30.6 Å². The number of ether oxygens (including phenoxy) is 1. The van der Waals surface area contributed by atoms with Gasteiger partial charge in [0, 0.05) is 36.1 Å². The molecule has 1 atom stereocenters. The summed E-state index contributed by atoms with van der Waals surface area (Å²) in [4.78, 5) is 64.9. The Kier molecular flexibility index (Phi) is 9.84. The van der Waals surface area contributed by atoms with E-state index in [2.05, 4.69) is 30.9 Å².